The highest BCUT2D eigenvalue weighted by molar-refractivity contribution is 6.25. The molecule has 3 heterocycles. The molecule has 1 N–H and O–H groups in total. The first kappa shape index (κ1) is 22.2. The average molecular weight is 466 g/mol. The molecule has 3 amide bonds. The van der Waals surface area contributed by atoms with E-state index in [1.165, 1.54) is 4.90 Å². The maximum absolute atomic E-state index is 13.0. The fourth-order valence-electron chi connectivity index (χ4n) is 4.12. The minimum atomic E-state index is -0.337. The Hall–Kier alpha value is -4.59. The third kappa shape index (κ3) is 4.59. The lowest BCUT2D eigenvalue weighted by Gasteiger charge is -2.27. The van der Waals surface area contributed by atoms with Gasteiger partial charge in [-0.2, -0.15) is 0 Å². The molecule has 1 aliphatic rings. The van der Waals surface area contributed by atoms with Crippen molar-refractivity contribution in [2.45, 2.75) is 19.4 Å². The van der Waals surface area contributed by atoms with Crippen LogP contribution in [-0.4, -0.2) is 39.1 Å². The van der Waals surface area contributed by atoms with Gasteiger partial charge in [0.05, 0.1) is 0 Å². The smallest absolute Gasteiger partial charge is 0.261 e. The molecule has 0 radical (unpaired) electrons. The Morgan fingerprint density at radius 3 is 2.31 bits per heavy atom. The summed E-state index contributed by atoms with van der Waals surface area (Å²) in [7, 11) is 0. The van der Waals surface area contributed by atoms with Gasteiger partial charge < -0.3 is 10.1 Å². The Morgan fingerprint density at radius 1 is 0.886 bits per heavy atom. The van der Waals surface area contributed by atoms with E-state index in [4.69, 9.17) is 4.74 Å². The number of nitrogens with zero attached hydrogens (tertiary/aromatic N) is 3. The number of rotatable bonds is 8. The van der Waals surface area contributed by atoms with Crippen LogP contribution in [0, 0.1) is 0 Å². The van der Waals surface area contributed by atoms with Gasteiger partial charge in [-0.15, -0.1) is 0 Å². The lowest BCUT2D eigenvalue weighted by Crippen LogP contribution is -2.41. The molecule has 0 spiro atoms. The predicted molar refractivity (Wildman–Crippen MR) is 130 cm³/mol. The molecule has 0 fully saturated rings. The molecule has 2 aromatic heterocycles. The van der Waals surface area contributed by atoms with Crippen molar-refractivity contribution in [2.24, 2.45) is 0 Å². The molecule has 0 saturated heterocycles. The Labute approximate surface area is 201 Å². The third-order valence-electron chi connectivity index (χ3n) is 5.81. The van der Waals surface area contributed by atoms with Crippen molar-refractivity contribution >= 4 is 34.3 Å². The summed E-state index contributed by atoms with van der Waals surface area (Å²) in [6.45, 7) is 0.452. The van der Waals surface area contributed by atoms with E-state index in [9.17, 15) is 14.4 Å². The number of carbonyl (C=O) groups excluding carboxylic acids is 3. The lowest BCUT2D eigenvalue weighted by molar-refractivity contribution is -0.116. The lowest BCUT2D eigenvalue weighted by atomic mass is 9.94. The van der Waals surface area contributed by atoms with E-state index in [1.54, 1.807) is 42.9 Å². The summed E-state index contributed by atoms with van der Waals surface area (Å²) in [4.78, 5) is 48.0. The van der Waals surface area contributed by atoms with Crippen molar-refractivity contribution in [2.75, 3.05) is 11.9 Å². The van der Waals surface area contributed by atoms with Crippen LogP contribution in [0.15, 0.2) is 79.3 Å². The number of amides is 3. The van der Waals surface area contributed by atoms with E-state index in [0.717, 1.165) is 10.9 Å². The number of anilines is 1. The minimum absolute atomic E-state index is 0.114. The van der Waals surface area contributed by atoms with Gasteiger partial charge in [0.25, 0.3) is 11.8 Å². The fourth-order valence-corrected chi connectivity index (χ4v) is 4.12. The molecule has 174 valence electrons. The maximum Gasteiger partial charge on any atom is 0.261 e. The van der Waals surface area contributed by atoms with Crippen molar-refractivity contribution in [1.82, 2.24) is 14.9 Å². The van der Waals surface area contributed by atoms with Gasteiger partial charge in [-0.25, -0.2) is 4.98 Å². The second-order valence-electron chi connectivity index (χ2n) is 8.12. The number of pyridine rings is 2. The van der Waals surface area contributed by atoms with Gasteiger partial charge in [-0.1, -0.05) is 24.3 Å². The van der Waals surface area contributed by atoms with Crippen LogP contribution in [0.3, 0.4) is 0 Å². The van der Waals surface area contributed by atoms with Crippen LogP contribution in [0.5, 0.6) is 5.75 Å². The largest absolute Gasteiger partial charge is 0.485 e. The zero-order valence-electron chi connectivity index (χ0n) is 18.8. The van der Waals surface area contributed by atoms with Crippen molar-refractivity contribution in [3.63, 3.8) is 0 Å². The van der Waals surface area contributed by atoms with Gasteiger partial charge in [0.15, 0.2) is 11.6 Å². The molecule has 0 aliphatic carbocycles. The van der Waals surface area contributed by atoms with E-state index in [1.807, 2.05) is 36.4 Å². The van der Waals surface area contributed by atoms with Crippen LogP contribution in [0.1, 0.15) is 39.1 Å². The Balaban J connectivity index is 1.20. The van der Waals surface area contributed by atoms with E-state index >= 15 is 0 Å². The van der Waals surface area contributed by atoms with Crippen molar-refractivity contribution in [1.29, 1.82) is 0 Å². The summed E-state index contributed by atoms with van der Waals surface area (Å²) in [5.74, 6) is -0.189. The second kappa shape index (κ2) is 9.72. The summed E-state index contributed by atoms with van der Waals surface area (Å²) in [6.07, 6.45) is 5.37. The van der Waals surface area contributed by atoms with Crippen LogP contribution in [-0.2, 0) is 11.4 Å². The molecule has 5 rings (SSSR count). The number of benzene rings is 2. The molecule has 1 aliphatic heterocycles. The van der Waals surface area contributed by atoms with Gasteiger partial charge in [0.1, 0.15) is 6.61 Å². The molecule has 4 aromatic rings. The van der Waals surface area contributed by atoms with Gasteiger partial charge in [-0.05, 0) is 53.8 Å². The normalized spacial score (nSPS) is 12.6. The molecule has 0 bridgehead atoms. The van der Waals surface area contributed by atoms with E-state index in [2.05, 4.69) is 15.3 Å². The molecular formula is C27H22N4O4. The first-order chi connectivity index (χ1) is 17.1. The highest BCUT2D eigenvalue weighted by atomic mass is 16.5. The number of hydrogen-bond acceptors (Lipinski definition) is 6. The Bertz CT molecular complexity index is 1370. The Kier molecular flexibility index (Phi) is 6.17. The highest BCUT2D eigenvalue weighted by Gasteiger charge is 2.32. The zero-order chi connectivity index (χ0) is 24.2. The zero-order valence-corrected chi connectivity index (χ0v) is 18.8. The quantitative estimate of drug-likeness (QED) is 0.390. The van der Waals surface area contributed by atoms with Gasteiger partial charge in [0, 0.05) is 48.1 Å². The van der Waals surface area contributed by atoms with Crippen LogP contribution in [0.4, 0.5) is 5.82 Å². The van der Waals surface area contributed by atoms with Gasteiger partial charge >= 0.3 is 0 Å². The first-order valence-electron chi connectivity index (χ1n) is 11.3. The molecule has 8 nitrogen and oxygen atoms in total. The molecular weight excluding hydrogens is 444 g/mol. The van der Waals surface area contributed by atoms with Crippen LogP contribution < -0.4 is 10.1 Å². The van der Waals surface area contributed by atoms with Crippen molar-refractivity contribution in [3.05, 3.63) is 95.9 Å². The monoisotopic (exact) mass is 466 g/mol. The van der Waals surface area contributed by atoms with Crippen LogP contribution in [0.25, 0.3) is 10.8 Å². The van der Waals surface area contributed by atoms with Gasteiger partial charge in [-0.3, -0.25) is 24.3 Å². The topological polar surface area (TPSA) is 101 Å². The van der Waals surface area contributed by atoms with Crippen LogP contribution >= 0.6 is 0 Å². The number of aromatic nitrogens is 2. The summed E-state index contributed by atoms with van der Waals surface area (Å²) in [5.41, 5.74) is 1.95. The molecule has 0 unspecified atom stereocenters. The number of ether oxygens (including phenoxy) is 1. The number of nitrogens with one attached hydrogen (secondary N) is 1. The minimum Gasteiger partial charge on any atom is -0.485 e. The molecule has 0 atom stereocenters. The SMILES string of the molecule is O=C(CCCN1C(=O)c2cccc3cccc(c23)C1=O)Nc1ncccc1OCc1ccncc1. The summed E-state index contributed by atoms with van der Waals surface area (Å²) < 4.78 is 5.81. The summed E-state index contributed by atoms with van der Waals surface area (Å²) in [5, 5.41) is 4.31. The average Bonchev–Trinajstić information content (AvgIpc) is 2.89. The second-order valence-corrected chi connectivity index (χ2v) is 8.12. The van der Waals surface area contributed by atoms with E-state index in [-0.39, 0.29) is 30.7 Å². The number of hydrogen-bond donors (Lipinski definition) is 1. The Morgan fingerprint density at radius 2 is 1.60 bits per heavy atom. The van der Waals surface area contributed by atoms with E-state index in [0.29, 0.717) is 41.1 Å². The molecule has 8 heteroatoms. The number of carbonyl (C=O) groups is 3. The molecule has 0 saturated carbocycles. The first-order valence-corrected chi connectivity index (χ1v) is 11.3. The van der Waals surface area contributed by atoms with Crippen molar-refractivity contribution < 1.29 is 19.1 Å². The maximum atomic E-state index is 13.0. The van der Waals surface area contributed by atoms with Crippen LogP contribution in [0.2, 0.25) is 0 Å². The summed E-state index contributed by atoms with van der Waals surface area (Å²) >= 11 is 0. The van der Waals surface area contributed by atoms with Gasteiger partial charge in [0.2, 0.25) is 5.91 Å². The van der Waals surface area contributed by atoms with E-state index < -0.39 is 0 Å². The predicted octanol–water partition coefficient (Wildman–Crippen LogP) is 4.22. The van der Waals surface area contributed by atoms with Crippen molar-refractivity contribution in [3.8, 4) is 5.75 Å². The molecule has 2 aromatic carbocycles. The highest BCUT2D eigenvalue weighted by Crippen LogP contribution is 2.30. The molecule has 35 heavy (non-hydrogen) atoms. The fraction of sp³-hybridized carbons (Fsp3) is 0.148. The summed E-state index contributed by atoms with van der Waals surface area (Å²) in [6, 6.07) is 18.0. The standard InChI is InChI=1S/C27H22N4O4/c32-23(30-25-22(9-3-13-29-25)35-17-18-11-14-28-15-12-18)10-4-16-31-26(33)20-7-1-5-19-6-2-8-21(24(19)20)27(31)34/h1-3,5-9,11-15H,4,10,16-17H2,(H,29,30,32). The number of imide groups is 1. The third-order valence-corrected chi connectivity index (χ3v) is 5.81.